The summed E-state index contributed by atoms with van der Waals surface area (Å²) in [5, 5.41) is 9.43. The van der Waals surface area contributed by atoms with Gasteiger partial charge in [-0.15, -0.1) is 0 Å². The van der Waals surface area contributed by atoms with Crippen molar-refractivity contribution in [2.24, 2.45) is 11.8 Å². The molecule has 180 valence electrons. The average molecular weight is 445 g/mol. The Labute approximate surface area is 195 Å². The van der Waals surface area contributed by atoms with E-state index in [1.807, 2.05) is 20.8 Å². The number of rotatable bonds is 11. The molecule has 0 radical (unpaired) electrons. The van der Waals surface area contributed by atoms with Crippen LogP contribution in [0.3, 0.4) is 0 Å². The van der Waals surface area contributed by atoms with Crippen molar-refractivity contribution in [1.82, 2.24) is 0 Å². The summed E-state index contributed by atoms with van der Waals surface area (Å²) in [5.74, 6) is 2.20. The van der Waals surface area contributed by atoms with E-state index in [0.717, 1.165) is 53.2 Å². The molecule has 3 unspecified atom stereocenters. The third-order valence-electron chi connectivity index (χ3n) is 6.91. The van der Waals surface area contributed by atoms with Crippen LogP contribution in [0.2, 0.25) is 0 Å². The Balaban J connectivity index is 2.15. The summed E-state index contributed by atoms with van der Waals surface area (Å²) >= 11 is 0. The first-order valence-corrected chi connectivity index (χ1v) is 12.4. The fourth-order valence-electron chi connectivity index (χ4n) is 4.54. The smallest absolute Gasteiger partial charge is 0.344 e. The second-order valence-corrected chi connectivity index (χ2v) is 10.3. The molecule has 0 aromatic heterocycles. The van der Waals surface area contributed by atoms with Crippen LogP contribution in [0.25, 0.3) is 0 Å². The van der Waals surface area contributed by atoms with Crippen molar-refractivity contribution in [2.75, 3.05) is 0 Å². The van der Waals surface area contributed by atoms with Crippen LogP contribution in [0, 0.1) is 32.6 Å². The predicted molar refractivity (Wildman–Crippen MR) is 132 cm³/mol. The minimum absolute atomic E-state index is 0.316. The summed E-state index contributed by atoms with van der Waals surface area (Å²) in [6.45, 7) is 17.0. The molecule has 0 spiro atoms. The summed E-state index contributed by atoms with van der Waals surface area (Å²) in [6, 6.07) is 0. The van der Waals surface area contributed by atoms with Gasteiger partial charge in [-0.2, -0.15) is 0 Å². The van der Waals surface area contributed by atoms with E-state index in [-0.39, 0.29) is 5.60 Å². The van der Waals surface area contributed by atoms with E-state index in [0.29, 0.717) is 18.1 Å². The molecule has 1 aliphatic heterocycles. The van der Waals surface area contributed by atoms with Crippen molar-refractivity contribution >= 4 is 5.97 Å². The van der Waals surface area contributed by atoms with Gasteiger partial charge in [0, 0.05) is 5.56 Å². The second-order valence-electron chi connectivity index (χ2n) is 10.3. The molecule has 0 amide bonds. The van der Waals surface area contributed by atoms with Crippen molar-refractivity contribution in [2.45, 2.75) is 112 Å². The number of carbonyl (C=O) groups is 1. The Bertz CT molecular complexity index is 823. The van der Waals surface area contributed by atoms with E-state index in [4.69, 9.17) is 9.47 Å². The molecule has 32 heavy (non-hydrogen) atoms. The Kier molecular flexibility index (Phi) is 9.24. The zero-order valence-corrected chi connectivity index (χ0v) is 21.5. The molecule has 0 fully saturated rings. The van der Waals surface area contributed by atoms with Crippen molar-refractivity contribution in [3.8, 4) is 11.5 Å². The van der Waals surface area contributed by atoms with Gasteiger partial charge in [-0.25, -0.2) is 4.79 Å². The topological polar surface area (TPSA) is 55.8 Å². The Morgan fingerprint density at radius 2 is 1.84 bits per heavy atom. The van der Waals surface area contributed by atoms with E-state index < -0.39 is 12.1 Å². The number of benzene rings is 1. The van der Waals surface area contributed by atoms with E-state index >= 15 is 0 Å². The molecule has 1 aromatic rings. The number of allylic oxidation sites excluding steroid dienone is 1. The SMILES string of the molecule is CCC(Oc1c(C)c(C)c2c(c1C)CCC(C)(/C=C/CC(C)CCCC(C)C)O2)C(=O)O. The lowest BCUT2D eigenvalue weighted by Gasteiger charge is -2.36. The largest absolute Gasteiger partial charge is 0.483 e. The summed E-state index contributed by atoms with van der Waals surface area (Å²) < 4.78 is 12.5. The highest BCUT2D eigenvalue weighted by atomic mass is 16.5. The van der Waals surface area contributed by atoms with Crippen LogP contribution in [-0.2, 0) is 11.2 Å². The highest BCUT2D eigenvalue weighted by molar-refractivity contribution is 5.73. The van der Waals surface area contributed by atoms with E-state index in [1.165, 1.54) is 19.3 Å². The van der Waals surface area contributed by atoms with Crippen LogP contribution in [0.5, 0.6) is 11.5 Å². The third-order valence-corrected chi connectivity index (χ3v) is 6.91. The van der Waals surface area contributed by atoms with Crippen molar-refractivity contribution in [3.63, 3.8) is 0 Å². The number of hydrogen-bond donors (Lipinski definition) is 1. The molecular formula is C28H44O4. The van der Waals surface area contributed by atoms with Crippen molar-refractivity contribution in [3.05, 3.63) is 34.4 Å². The molecule has 1 heterocycles. The maximum Gasteiger partial charge on any atom is 0.344 e. The van der Waals surface area contributed by atoms with Crippen molar-refractivity contribution < 1.29 is 19.4 Å². The number of aliphatic carboxylic acids is 1. The quantitative estimate of drug-likeness (QED) is 0.363. The van der Waals surface area contributed by atoms with Gasteiger partial charge in [-0.3, -0.25) is 0 Å². The molecule has 3 atom stereocenters. The van der Waals surface area contributed by atoms with Gasteiger partial charge in [-0.05, 0) is 88.0 Å². The molecule has 4 nitrogen and oxygen atoms in total. The Morgan fingerprint density at radius 3 is 2.44 bits per heavy atom. The molecule has 1 N–H and O–H groups in total. The van der Waals surface area contributed by atoms with Crippen LogP contribution in [-0.4, -0.2) is 22.8 Å². The molecule has 0 aliphatic carbocycles. The fraction of sp³-hybridized carbons (Fsp3) is 0.679. The van der Waals surface area contributed by atoms with E-state index in [9.17, 15) is 9.90 Å². The minimum Gasteiger partial charge on any atom is -0.483 e. The predicted octanol–water partition coefficient (Wildman–Crippen LogP) is 7.35. The number of hydrogen-bond acceptors (Lipinski definition) is 3. The molecule has 0 bridgehead atoms. The Hall–Kier alpha value is -1.97. The van der Waals surface area contributed by atoms with Gasteiger partial charge in [-0.1, -0.05) is 53.0 Å². The van der Waals surface area contributed by atoms with Gasteiger partial charge in [0.25, 0.3) is 0 Å². The second kappa shape index (κ2) is 11.2. The van der Waals surface area contributed by atoms with Gasteiger partial charge in [0.15, 0.2) is 6.10 Å². The molecule has 0 saturated heterocycles. The lowest BCUT2D eigenvalue weighted by atomic mass is 9.86. The van der Waals surface area contributed by atoms with Crippen LogP contribution in [0.4, 0.5) is 0 Å². The number of ether oxygens (including phenoxy) is 2. The maximum absolute atomic E-state index is 11.5. The van der Waals surface area contributed by atoms with Crippen LogP contribution < -0.4 is 9.47 Å². The van der Waals surface area contributed by atoms with Crippen LogP contribution in [0.15, 0.2) is 12.2 Å². The van der Waals surface area contributed by atoms with Gasteiger partial charge >= 0.3 is 5.97 Å². The highest BCUT2D eigenvalue weighted by Crippen LogP contribution is 2.44. The number of carboxylic acid groups (broad SMARTS) is 1. The lowest BCUT2D eigenvalue weighted by molar-refractivity contribution is -0.145. The van der Waals surface area contributed by atoms with Crippen molar-refractivity contribution in [1.29, 1.82) is 0 Å². The van der Waals surface area contributed by atoms with E-state index in [2.05, 4.69) is 46.8 Å². The summed E-state index contributed by atoms with van der Waals surface area (Å²) in [6.07, 6.45) is 10.9. The average Bonchev–Trinajstić information content (AvgIpc) is 2.71. The van der Waals surface area contributed by atoms with E-state index in [1.54, 1.807) is 0 Å². The minimum atomic E-state index is -0.922. The number of carboxylic acids is 1. The first kappa shape index (κ1) is 26.3. The number of fused-ring (bicyclic) bond motifs is 1. The Morgan fingerprint density at radius 1 is 1.16 bits per heavy atom. The maximum atomic E-state index is 11.5. The molecule has 1 aliphatic rings. The summed E-state index contributed by atoms with van der Waals surface area (Å²) in [4.78, 5) is 11.5. The first-order chi connectivity index (χ1) is 15.0. The monoisotopic (exact) mass is 444 g/mol. The molecular weight excluding hydrogens is 400 g/mol. The summed E-state index contributed by atoms with van der Waals surface area (Å²) in [7, 11) is 0. The molecule has 2 rings (SSSR count). The third kappa shape index (κ3) is 6.52. The lowest BCUT2D eigenvalue weighted by Crippen LogP contribution is -2.35. The first-order valence-electron chi connectivity index (χ1n) is 12.4. The van der Waals surface area contributed by atoms with Gasteiger partial charge in [0.2, 0.25) is 0 Å². The standard InChI is InChI=1S/C28H44O4/c1-9-24(27(29)30)31-25-20(5)21(6)26-23(22(25)7)15-17-28(8,32-26)16-11-14-19(4)13-10-12-18(2)3/h11,16,18-19,24H,9-10,12-15,17H2,1-8H3,(H,29,30)/b16-11+. The summed E-state index contributed by atoms with van der Waals surface area (Å²) in [5.41, 5.74) is 3.85. The molecule has 1 aromatic carbocycles. The van der Waals surface area contributed by atoms with Crippen LogP contribution >= 0.6 is 0 Å². The molecule has 0 saturated carbocycles. The van der Waals surface area contributed by atoms with Crippen LogP contribution in [0.1, 0.15) is 95.4 Å². The van der Waals surface area contributed by atoms with Gasteiger partial charge < -0.3 is 14.6 Å². The zero-order chi connectivity index (χ0) is 24.1. The molecule has 4 heteroatoms. The fourth-order valence-corrected chi connectivity index (χ4v) is 4.54. The normalized spacial score (nSPS) is 20.2. The van der Waals surface area contributed by atoms with Gasteiger partial charge in [0.05, 0.1) is 0 Å². The highest BCUT2D eigenvalue weighted by Gasteiger charge is 2.33. The van der Waals surface area contributed by atoms with Gasteiger partial charge in [0.1, 0.15) is 17.1 Å². The zero-order valence-electron chi connectivity index (χ0n) is 21.5.